The number of amides is 2. The third kappa shape index (κ3) is 10.00. The molecule has 0 atom stereocenters. The van der Waals surface area contributed by atoms with E-state index in [0.29, 0.717) is 57.1 Å². The summed E-state index contributed by atoms with van der Waals surface area (Å²) in [5.41, 5.74) is -7.19. The van der Waals surface area contributed by atoms with Gasteiger partial charge in [-0.3, -0.25) is 9.59 Å². The van der Waals surface area contributed by atoms with Crippen molar-refractivity contribution in [2.24, 2.45) is 0 Å². The highest BCUT2D eigenvalue weighted by molar-refractivity contribution is 6.23. The molecule has 0 unspecified atom stereocenters. The van der Waals surface area contributed by atoms with Gasteiger partial charge in [-0.25, -0.2) is 18.7 Å². The first kappa shape index (κ1) is 41.9. The lowest BCUT2D eigenvalue weighted by atomic mass is 9.91. The van der Waals surface area contributed by atoms with E-state index in [1.165, 1.54) is 19.2 Å². The number of nitrogens with zero attached hydrogens (tertiary/aromatic N) is 3. The molecule has 54 heavy (non-hydrogen) atoms. The summed E-state index contributed by atoms with van der Waals surface area (Å²) in [6.45, 7) is 1.19. The van der Waals surface area contributed by atoms with E-state index < -0.39 is 87.4 Å². The van der Waals surface area contributed by atoms with Gasteiger partial charge in [-0.15, -0.1) is 0 Å². The number of carbonyl (C=O) groups excluding carboxylic acids is 2. The summed E-state index contributed by atoms with van der Waals surface area (Å²) in [5.74, 6) is -5.89. The monoisotopic (exact) mass is 773 g/mol. The number of hydrogen-bond donors (Lipinski definition) is 5. The van der Waals surface area contributed by atoms with Crippen LogP contribution in [0, 0.1) is 11.6 Å². The van der Waals surface area contributed by atoms with Crippen molar-refractivity contribution in [3.8, 4) is 11.3 Å². The molecule has 2 aromatic carbocycles. The van der Waals surface area contributed by atoms with Crippen molar-refractivity contribution in [1.29, 1.82) is 0 Å². The van der Waals surface area contributed by atoms with Crippen LogP contribution in [-0.4, -0.2) is 84.8 Å². The minimum Gasteiger partial charge on any atom is -0.509 e. The van der Waals surface area contributed by atoms with E-state index in [0.717, 1.165) is 6.07 Å². The van der Waals surface area contributed by atoms with Crippen molar-refractivity contribution in [2.45, 2.75) is 50.1 Å². The molecule has 1 fully saturated rings. The molecule has 4 rings (SSSR count). The second kappa shape index (κ2) is 17.5. The smallest absolute Gasteiger partial charge is 0.433 e. The molecule has 1 aliphatic carbocycles. The largest absolute Gasteiger partial charge is 0.509 e. The van der Waals surface area contributed by atoms with Crippen LogP contribution in [0.1, 0.15) is 42.5 Å². The average Bonchev–Trinajstić information content (AvgIpc) is 3.62. The Kier molecular flexibility index (Phi) is 13.6. The van der Waals surface area contributed by atoms with E-state index >= 15 is 4.39 Å². The van der Waals surface area contributed by atoms with Crippen LogP contribution >= 0.6 is 0 Å². The first-order valence-corrected chi connectivity index (χ1v) is 16.6. The van der Waals surface area contributed by atoms with Gasteiger partial charge in [-0.05, 0) is 57.3 Å². The van der Waals surface area contributed by atoms with Crippen molar-refractivity contribution in [2.75, 3.05) is 58.1 Å². The standard InChI is InChI=1S/C35H39F8N7O4/c1-44-33(10-4-5-11-33)30(51)27(31(52)46-18-20-6-8-24(29(37)28(20)36)45-12-13-50(2)14-15-54-3)32(53)49-23-9-7-21(34(38,39)40)16-22(23)25-17-26(35(41,42)43)48-19-47-25/h6-9,16-17,19,44-45,51H,4-5,10-15,18H2,1-3H3,(H,46,52)(H,49,53)/b30-27-. The maximum absolute atomic E-state index is 15.2. The molecule has 0 bridgehead atoms. The number of hydrogen-bond acceptors (Lipinski definition) is 9. The number of aliphatic hydroxyl groups is 1. The fourth-order valence-electron chi connectivity index (χ4n) is 5.89. The van der Waals surface area contributed by atoms with Crippen molar-refractivity contribution in [3.05, 3.63) is 82.5 Å². The molecule has 11 nitrogen and oxygen atoms in total. The fraction of sp³-hybridized carbons (Fsp3) is 0.429. The lowest BCUT2D eigenvalue weighted by Gasteiger charge is -2.29. The third-order valence-corrected chi connectivity index (χ3v) is 9.00. The minimum absolute atomic E-state index is 0.143. The number of halogens is 8. The van der Waals surface area contributed by atoms with E-state index in [1.54, 1.807) is 7.11 Å². The van der Waals surface area contributed by atoms with Gasteiger partial charge in [0.25, 0.3) is 11.8 Å². The predicted octanol–water partition coefficient (Wildman–Crippen LogP) is 6.05. The van der Waals surface area contributed by atoms with Crippen LogP contribution in [0.2, 0.25) is 0 Å². The highest BCUT2D eigenvalue weighted by Gasteiger charge is 2.42. The first-order valence-electron chi connectivity index (χ1n) is 16.6. The summed E-state index contributed by atoms with van der Waals surface area (Å²) in [4.78, 5) is 36.3. The number of ether oxygens (including phenoxy) is 1. The van der Waals surface area contributed by atoms with E-state index in [-0.39, 0.29) is 30.6 Å². The zero-order valence-corrected chi connectivity index (χ0v) is 29.4. The van der Waals surface area contributed by atoms with E-state index in [4.69, 9.17) is 4.74 Å². The van der Waals surface area contributed by atoms with Gasteiger partial charge >= 0.3 is 12.4 Å². The number of nitrogens with one attached hydrogen (secondary N) is 4. The molecule has 1 heterocycles. The molecular formula is C35H39F8N7O4. The molecule has 1 aliphatic rings. The highest BCUT2D eigenvalue weighted by atomic mass is 19.4. The summed E-state index contributed by atoms with van der Waals surface area (Å²) in [7, 11) is 4.85. The van der Waals surface area contributed by atoms with E-state index in [2.05, 4.69) is 31.2 Å². The number of carbonyl (C=O) groups is 2. The van der Waals surface area contributed by atoms with E-state index in [9.17, 15) is 45.4 Å². The molecule has 294 valence electrons. The normalized spacial score (nSPS) is 14.9. The zero-order valence-electron chi connectivity index (χ0n) is 29.4. The SMILES string of the molecule is CNC1(/C(O)=C(\C(=O)NCc2ccc(NCCN(C)CCOC)c(F)c2F)C(=O)Nc2ccc(C(F)(F)F)cc2-c2cc(C(F)(F)F)ncn2)CCCC1. The van der Waals surface area contributed by atoms with Gasteiger partial charge in [-0.1, -0.05) is 18.9 Å². The molecule has 0 saturated heterocycles. The molecule has 0 spiro atoms. The molecule has 19 heteroatoms. The Balaban J connectivity index is 1.65. The molecule has 3 aromatic rings. The van der Waals surface area contributed by atoms with Crippen LogP contribution in [0.25, 0.3) is 11.3 Å². The summed E-state index contributed by atoms with van der Waals surface area (Å²) in [6.07, 6.45) is -7.77. The lowest BCUT2D eigenvalue weighted by Crippen LogP contribution is -2.45. The van der Waals surface area contributed by atoms with Crippen molar-refractivity contribution in [1.82, 2.24) is 25.5 Å². The highest BCUT2D eigenvalue weighted by Crippen LogP contribution is 2.39. The van der Waals surface area contributed by atoms with Crippen LogP contribution in [0.15, 0.2) is 54.1 Å². The van der Waals surface area contributed by atoms with Crippen molar-refractivity contribution in [3.63, 3.8) is 0 Å². The Morgan fingerprint density at radius 3 is 2.24 bits per heavy atom. The molecule has 2 amide bonds. The van der Waals surface area contributed by atoms with Gasteiger partial charge in [0.05, 0.1) is 34.8 Å². The fourth-order valence-corrected chi connectivity index (χ4v) is 5.89. The number of alkyl halides is 6. The van der Waals surface area contributed by atoms with Gasteiger partial charge in [0, 0.05) is 44.4 Å². The molecule has 1 aromatic heterocycles. The van der Waals surface area contributed by atoms with Gasteiger partial charge in [0.2, 0.25) is 0 Å². The first-order chi connectivity index (χ1) is 25.4. The van der Waals surface area contributed by atoms with Gasteiger partial charge in [0.1, 0.15) is 23.4 Å². The average molecular weight is 774 g/mol. The molecule has 5 N–H and O–H groups in total. The topological polar surface area (TPSA) is 141 Å². The third-order valence-electron chi connectivity index (χ3n) is 9.00. The predicted molar refractivity (Wildman–Crippen MR) is 182 cm³/mol. The number of methoxy groups -OCH3 is 1. The number of rotatable bonds is 15. The Morgan fingerprint density at radius 1 is 0.926 bits per heavy atom. The summed E-state index contributed by atoms with van der Waals surface area (Å²) in [5, 5.41) is 21.7. The van der Waals surface area contributed by atoms with Crippen LogP contribution in [0.3, 0.4) is 0 Å². The molecule has 0 radical (unpaired) electrons. The number of anilines is 2. The van der Waals surface area contributed by atoms with Gasteiger partial charge in [0.15, 0.2) is 11.6 Å². The minimum atomic E-state index is -4.99. The van der Waals surface area contributed by atoms with Crippen molar-refractivity contribution >= 4 is 23.2 Å². The molecule has 1 saturated carbocycles. The number of aliphatic hydroxyl groups excluding tert-OH is 1. The maximum atomic E-state index is 15.2. The Morgan fingerprint density at radius 2 is 1.61 bits per heavy atom. The Labute approximate surface area is 305 Å². The summed E-state index contributed by atoms with van der Waals surface area (Å²) in [6, 6.07) is 4.62. The number of aromatic nitrogens is 2. The Bertz CT molecular complexity index is 1850. The Hall–Kier alpha value is -4.88. The maximum Gasteiger partial charge on any atom is 0.433 e. The van der Waals surface area contributed by atoms with Gasteiger partial charge < -0.3 is 36.0 Å². The lowest BCUT2D eigenvalue weighted by molar-refractivity contribution is -0.141. The van der Waals surface area contributed by atoms with Crippen LogP contribution in [0.5, 0.6) is 0 Å². The summed E-state index contributed by atoms with van der Waals surface area (Å²) < 4.78 is 117. The zero-order chi connectivity index (χ0) is 39.8. The molecule has 0 aliphatic heterocycles. The quantitative estimate of drug-likeness (QED) is 0.0411. The van der Waals surface area contributed by atoms with E-state index in [1.807, 2.05) is 11.9 Å². The van der Waals surface area contributed by atoms with Gasteiger partial charge in [-0.2, -0.15) is 26.3 Å². The van der Waals surface area contributed by atoms with Crippen LogP contribution < -0.4 is 21.3 Å². The second-order valence-corrected chi connectivity index (χ2v) is 12.6. The number of benzene rings is 2. The number of likely N-dealkylation sites (N-methyl/N-ethyl adjacent to an activating group) is 2. The summed E-state index contributed by atoms with van der Waals surface area (Å²) >= 11 is 0. The van der Waals surface area contributed by atoms with Crippen LogP contribution in [-0.2, 0) is 33.2 Å². The van der Waals surface area contributed by atoms with Crippen molar-refractivity contribution < 1.29 is 54.6 Å². The van der Waals surface area contributed by atoms with Crippen LogP contribution in [0.4, 0.5) is 46.5 Å². The second-order valence-electron chi connectivity index (χ2n) is 12.6. The molecular weight excluding hydrogens is 734 g/mol.